The molecule has 0 aromatic rings. The summed E-state index contributed by atoms with van der Waals surface area (Å²) in [4.78, 5) is 23.1. The average molecular weight is 357 g/mol. The number of nitrogens with one attached hydrogen (secondary N) is 1. The summed E-state index contributed by atoms with van der Waals surface area (Å²) in [6.45, 7) is 9.11. The molecule has 0 aliphatic carbocycles. The van der Waals surface area contributed by atoms with E-state index in [4.69, 9.17) is 4.74 Å². The highest BCUT2D eigenvalue weighted by atomic mass is 127. The van der Waals surface area contributed by atoms with Crippen molar-refractivity contribution in [1.29, 1.82) is 0 Å². The summed E-state index contributed by atoms with van der Waals surface area (Å²) < 4.78 is 9.72. The standard InChI is InChI=1S/C11H20INO4/c1-6-7(2)8(9(14)17-12)13-10(15)16-11(3,4)5/h7-8H,6H2,1-5H3,(H,13,15)/t7?,8-/m0/s1. The summed E-state index contributed by atoms with van der Waals surface area (Å²) >= 11 is 1.51. The van der Waals surface area contributed by atoms with Gasteiger partial charge in [-0.1, -0.05) is 20.3 Å². The number of amides is 1. The van der Waals surface area contributed by atoms with E-state index in [1.165, 1.54) is 23.0 Å². The third-order valence-electron chi connectivity index (χ3n) is 2.22. The van der Waals surface area contributed by atoms with Crippen LogP contribution in [0, 0.1) is 5.92 Å². The first kappa shape index (κ1) is 16.5. The van der Waals surface area contributed by atoms with E-state index < -0.39 is 23.7 Å². The van der Waals surface area contributed by atoms with Crippen molar-refractivity contribution < 1.29 is 17.4 Å². The number of hydrogen-bond donors (Lipinski definition) is 1. The predicted molar refractivity (Wildman–Crippen MR) is 72.7 cm³/mol. The van der Waals surface area contributed by atoms with E-state index in [1.54, 1.807) is 20.8 Å². The van der Waals surface area contributed by atoms with Gasteiger partial charge in [0.15, 0.2) is 23.0 Å². The summed E-state index contributed by atoms with van der Waals surface area (Å²) in [5.41, 5.74) is -0.585. The maximum atomic E-state index is 11.6. The van der Waals surface area contributed by atoms with Crippen molar-refractivity contribution in [2.24, 2.45) is 5.92 Å². The lowest BCUT2D eigenvalue weighted by atomic mass is 10.00. The average Bonchev–Trinajstić information content (AvgIpc) is 2.21. The molecular formula is C11H20INO4. The zero-order valence-corrected chi connectivity index (χ0v) is 13.0. The number of alkyl carbamates (subject to hydrolysis) is 1. The van der Waals surface area contributed by atoms with Crippen molar-refractivity contribution in [2.45, 2.75) is 52.7 Å². The molecule has 0 saturated carbocycles. The third kappa shape index (κ3) is 6.70. The first-order valence-corrected chi connectivity index (χ1v) is 6.41. The Morgan fingerprint density at radius 3 is 2.24 bits per heavy atom. The molecule has 1 N–H and O–H groups in total. The van der Waals surface area contributed by atoms with Crippen LogP contribution in [0.15, 0.2) is 0 Å². The van der Waals surface area contributed by atoms with Crippen molar-refractivity contribution in [1.82, 2.24) is 5.32 Å². The highest BCUT2D eigenvalue weighted by Gasteiger charge is 2.29. The van der Waals surface area contributed by atoms with E-state index in [2.05, 4.69) is 8.38 Å². The summed E-state index contributed by atoms with van der Waals surface area (Å²) in [6.07, 6.45) is 0.149. The number of carbonyl (C=O) groups excluding carboxylic acids is 2. The molecule has 0 bridgehead atoms. The molecule has 0 aromatic heterocycles. The Bertz CT molecular complexity index is 275. The lowest BCUT2D eigenvalue weighted by Crippen LogP contribution is -2.47. The van der Waals surface area contributed by atoms with Gasteiger partial charge in [-0.3, -0.25) is 0 Å². The van der Waals surface area contributed by atoms with E-state index in [0.717, 1.165) is 6.42 Å². The zero-order valence-electron chi connectivity index (χ0n) is 10.9. The van der Waals surface area contributed by atoms with Crippen LogP contribution in [0.4, 0.5) is 4.79 Å². The van der Waals surface area contributed by atoms with Crippen LogP contribution in [0.25, 0.3) is 0 Å². The van der Waals surface area contributed by atoms with Crippen molar-refractivity contribution in [3.05, 3.63) is 0 Å². The first-order chi connectivity index (χ1) is 7.71. The van der Waals surface area contributed by atoms with Gasteiger partial charge in [0.2, 0.25) is 0 Å². The second-order valence-corrected chi connectivity index (χ2v) is 5.35. The van der Waals surface area contributed by atoms with Crippen LogP contribution in [0.3, 0.4) is 0 Å². The monoisotopic (exact) mass is 357 g/mol. The topological polar surface area (TPSA) is 64.6 Å². The van der Waals surface area contributed by atoms with Crippen molar-refractivity contribution in [3.63, 3.8) is 0 Å². The number of carbonyl (C=O) groups is 2. The van der Waals surface area contributed by atoms with Gasteiger partial charge in [-0.25, -0.2) is 9.59 Å². The predicted octanol–water partition coefficient (Wildman–Crippen LogP) is 2.82. The molecular weight excluding hydrogens is 337 g/mol. The van der Waals surface area contributed by atoms with Gasteiger partial charge < -0.3 is 13.1 Å². The van der Waals surface area contributed by atoms with Crippen LogP contribution in [-0.2, 0) is 12.6 Å². The minimum atomic E-state index is -0.674. The number of ether oxygens (including phenoxy) is 1. The molecule has 0 rings (SSSR count). The van der Waals surface area contributed by atoms with Crippen LogP contribution in [-0.4, -0.2) is 23.7 Å². The van der Waals surface area contributed by atoms with E-state index in [-0.39, 0.29) is 5.92 Å². The summed E-state index contributed by atoms with van der Waals surface area (Å²) in [7, 11) is 0. The van der Waals surface area contributed by atoms with Gasteiger partial charge in [0.25, 0.3) is 0 Å². The molecule has 0 spiro atoms. The number of hydrogen-bond acceptors (Lipinski definition) is 4. The molecule has 1 amide bonds. The SMILES string of the molecule is CCC(C)[C@H](NC(=O)OC(C)(C)C)C(=O)OI. The molecule has 0 radical (unpaired) electrons. The third-order valence-corrected chi connectivity index (χ3v) is 2.65. The summed E-state index contributed by atoms with van der Waals surface area (Å²) in [5.74, 6) is -0.476. The first-order valence-electron chi connectivity index (χ1n) is 5.53. The van der Waals surface area contributed by atoms with Gasteiger partial charge in [0, 0.05) is 0 Å². The Kier molecular flexibility index (Phi) is 6.81. The molecule has 0 aliphatic rings. The second-order valence-electron chi connectivity index (χ2n) is 4.91. The lowest BCUT2D eigenvalue weighted by Gasteiger charge is -2.24. The van der Waals surface area contributed by atoms with Crippen molar-refractivity contribution >= 4 is 35.1 Å². The van der Waals surface area contributed by atoms with Gasteiger partial charge >= 0.3 is 12.1 Å². The van der Waals surface area contributed by atoms with Crippen LogP contribution in [0.5, 0.6) is 0 Å². The van der Waals surface area contributed by atoms with Crippen molar-refractivity contribution in [2.75, 3.05) is 0 Å². The fourth-order valence-electron chi connectivity index (χ4n) is 1.15. The van der Waals surface area contributed by atoms with Gasteiger partial charge in [0.1, 0.15) is 11.6 Å². The highest BCUT2D eigenvalue weighted by Crippen LogP contribution is 2.13. The van der Waals surface area contributed by atoms with E-state index in [0.29, 0.717) is 0 Å². The fourth-order valence-corrected chi connectivity index (χ4v) is 1.43. The Hall–Kier alpha value is -0.530. The van der Waals surface area contributed by atoms with E-state index in [1.807, 2.05) is 13.8 Å². The second kappa shape index (κ2) is 7.03. The zero-order chi connectivity index (χ0) is 13.6. The van der Waals surface area contributed by atoms with E-state index in [9.17, 15) is 9.59 Å². The molecule has 6 heteroatoms. The van der Waals surface area contributed by atoms with Gasteiger partial charge in [-0.2, -0.15) is 0 Å². The molecule has 0 heterocycles. The molecule has 1 unspecified atom stereocenters. The van der Waals surface area contributed by atoms with E-state index >= 15 is 0 Å². The summed E-state index contributed by atoms with van der Waals surface area (Å²) in [6, 6.07) is -0.674. The highest BCUT2D eigenvalue weighted by molar-refractivity contribution is 14.1. The minimum Gasteiger partial charge on any atom is -0.444 e. The fraction of sp³-hybridized carbons (Fsp3) is 0.818. The van der Waals surface area contributed by atoms with Crippen LogP contribution >= 0.6 is 23.0 Å². The molecule has 0 aliphatic heterocycles. The van der Waals surface area contributed by atoms with Crippen LogP contribution in [0.1, 0.15) is 41.0 Å². The van der Waals surface area contributed by atoms with Crippen LogP contribution in [0.2, 0.25) is 0 Å². The molecule has 0 aromatic carbocycles. The molecule has 0 fully saturated rings. The largest absolute Gasteiger partial charge is 0.444 e. The maximum Gasteiger partial charge on any atom is 0.408 e. The quantitative estimate of drug-likeness (QED) is 0.786. The van der Waals surface area contributed by atoms with Crippen LogP contribution < -0.4 is 5.32 Å². The smallest absolute Gasteiger partial charge is 0.408 e. The number of halogens is 1. The molecule has 0 saturated heterocycles. The van der Waals surface area contributed by atoms with Gasteiger partial charge in [-0.05, 0) is 26.7 Å². The molecule has 2 atom stereocenters. The maximum absolute atomic E-state index is 11.6. The normalized spacial score (nSPS) is 14.7. The Morgan fingerprint density at radius 1 is 1.35 bits per heavy atom. The molecule has 5 nitrogen and oxygen atoms in total. The Morgan fingerprint density at radius 2 is 1.88 bits per heavy atom. The minimum absolute atomic E-state index is 0.00946. The Balaban J connectivity index is 4.54. The van der Waals surface area contributed by atoms with Crippen molar-refractivity contribution in [3.8, 4) is 0 Å². The molecule has 100 valence electrons. The number of rotatable bonds is 4. The summed E-state index contributed by atoms with van der Waals surface area (Å²) in [5, 5.41) is 2.53. The lowest BCUT2D eigenvalue weighted by molar-refractivity contribution is -0.135. The Labute approximate surface area is 116 Å². The van der Waals surface area contributed by atoms with Gasteiger partial charge in [-0.15, -0.1) is 0 Å². The van der Waals surface area contributed by atoms with Gasteiger partial charge in [0.05, 0.1) is 0 Å². The molecule has 17 heavy (non-hydrogen) atoms.